The zero-order chi connectivity index (χ0) is 18.2. The van der Waals surface area contributed by atoms with E-state index in [-0.39, 0.29) is 18.6 Å². The van der Waals surface area contributed by atoms with Gasteiger partial charge in [-0.15, -0.1) is 0 Å². The number of epoxide rings is 2. The minimum atomic E-state index is -1.58. The molecule has 0 bridgehead atoms. The fraction of sp³-hybridized carbons (Fsp3) is 0.450. The second-order valence-corrected chi connectivity index (χ2v) is 8.00. The number of benzene rings is 2. The summed E-state index contributed by atoms with van der Waals surface area (Å²) in [7, 11) is 0. The van der Waals surface area contributed by atoms with E-state index in [1.807, 2.05) is 36.4 Å². The Morgan fingerprint density at radius 2 is 1.74 bits per heavy atom. The summed E-state index contributed by atoms with van der Waals surface area (Å²) in [5.74, 6) is -0.636. The molecule has 0 aromatic heterocycles. The van der Waals surface area contributed by atoms with Crippen molar-refractivity contribution in [1.82, 2.24) is 0 Å². The lowest BCUT2D eigenvalue weighted by atomic mass is 9.64. The van der Waals surface area contributed by atoms with Crippen molar-refractivity contribution in [2.45, 2.75) is 54.2 Å². The summed E-state index contributed by atoms with van der Waals surface area (Å²) in [4.78, 5) is 13.1. The molecule has 7 rings (SSSR count). The van der Waals surface area contributed by atoms with Gasteiger partial charge < -0.3 is 29.2 Å². The molecule has 5 aliphatic rings. The molecular weight excluding hydrogens is 352 g/mol. The third-order valence-electron chi connectivity index (χ3n) is 6.86. The minimum absolute atomic E-state index is 0.132. The van der Waals surface area contributed by atoms with E-state index in [0.29, 0.717) is 11.5 Å². The summed E-state index contributed by atoms with van der Waals surface area (Å²) in [5, 5.41) is 23.2. The van der Waals surface area contributed by atoms with Crippen LogP contribution in [-0.4, -0.2) is 57.4 Å². The number of hydrogen-bond donors (Lipinski definition) is 2. The van der Waals surface area contributed by atoms with E-state index in [1.165, 1.54) is 0 Å². The van der Waals surface area contributed by atoms with Crippen molar-refractivity contribution in [3.63, 3.8) is 0 Å². The third kappa shape index (κ3) is 1.31. The summed E-state index contributed by atoms with van der Waals surface area (Å²) in [6, 6.07) is 11.3. The molecule has 1 spiro atoms. The van der Waals surface area contributed by atoms with E-state index in [9.17, 15) is 15.0 Å². The van der Waals surface area contributed by atoms with Gasteiger partial charge in [0.2, 0.25) is 5.60 Å². The number of ether oxygens (including phenoxy) is 4. The van der Waals surface area contributed by atoms with E-state index in [2.05, 4.69) is 0 Å². The zero-order valence-corrected chi connectivity index (χ0v) is 14.1. The van der Waals surface area contributed by atoms with Gasteiger partial charge in [0, 0.05) is 6.42 Å². The molecule has 3 heterocycles. The molecule has 0 radical (unpaired) electrons. The highest BCUT2D eigenvalue weighted by Gasteiger charge is 2.99. The Hall–Kier alpha value is -2.19. The van der Waals surface area contributed by atoms with Crippen molar-refractivity contribution in [1.29, 1.82) is 0 Å². The Morgan fingerprint density at radius 1 is 1.04 bits per heavy atom. The SMILES string of the molecule is O=C1CC[C@H](O)[C@@]23O[C@@]12C1(Oc2cccc4cccc(c24)O1)[C@H]1O[C@@H]1[C@@H]3O. The molecule has 2 aliphatic carbocycles. The topological polar surface area (TPSA) is 101 Å². The first kappa shape index (κ1) is 14.8. The van der Waals surface area contributed by atoms with Crippen molar-refractivity contribution < 1.29 is 34.0 Å². The maximum atomic E-state index is 13.1. The van der Waals surface area contributed by atoms with E-state index in [4.69, 9.17) is 18.9 Å². The maximum Gasteiger partial charge on any atom is 0.320 e. The summed E-state index contributed by atoms with van der Waals surface area (Å²) < 4.78 is 24.4. The van der Waals surface area contributed by atoms with Crippen molar-refractivity contribution in [2.75, 3.05) is 0 Å². The van der Waals surface area contributed by atoms with Gasteiger partial charge in [0.05, 0.1) is 11.5 Å². The molecule has 2 saturated heterocycles. The lowest BCUT2D eigenvalue weighted by molar-refractivity contribution is -0.196. The molecular formula is C20H16O7. The molecule has 3 aliphatic heterocycles. The highest BCUT2D eigenvalue weighted by molar-refractivity contribution is 5.98. The highest BCUT2D eigenvalue weighted by Crippen LogP contribution is 2.72. The Kier molecular flexibility index (Phi) is 2.26. The molecule has 4 fully saturated rings. The molecule has 7 heteroatoms. The Morgan fingerprint density at radius 3 is 2.44 bits per heavy atom. The predicted molar refractivity (Wildman–Crippen MR) is 89.4 cm³/mol. The molecule has 2 aromatic rings. The van der Waals surface area contributed by atoms with Gasteiger partial charge in [-0.3, -0.25) is 4.79 Å². The van der Waals surface area contributed by atoms with Crippen molar-refractivity contribution in [3.05, 3.63) is 36.4 Å². The average Bonchev–Trinajstić information content (AvgIpc) is 3.57. The van der Waals surface area contributed by atoms with Gasteiger partial charge in [0.1, 0.15) is 23.7 Å². The van der Waals surface area contributed by atoms with E-state index < -0.39 is 41.4 Å². The van der Waals surface area contributed by atoms with Crippen LogP contribution >= 0.6 is 0 Å². The molecule has 0 amide bonds. The lowest BCUT2D eigenvalue weighted by Crippen LogP contribution is -2.74. The summed E-state index contributed by atoms with van der Waals surface area (Å²) >= 11 is 0. The predicted octanol–water partition coefficient (Wildman–Crippen LogP) is 0.681. The van der Waals surface area contributed by atoms with E-state index in [0.717, 1.165) is 10.8 Å². The molecule has 2 N–H and O–H groups in total. The monoisotopic (exact) mass is 368 g/mol. The largest absolute Gasteiger partial charge is 0.446 e. The molecule has 6 atom stereocenters. The normalized spacial score (nSPS) is 44.6. The first-order chi connectivity index (χ1) is 13.1. The standard InChI is InChI=1S/C20H16O7/c21-12-7-8-13(22)19-18(12,27-19)16(23)15-17(24-15)20(19)25-10-5-1-3-9-4-2-6-11(26-20)14(9)10/h1-6,12,15-17,21,23H,7-8H2/t12-,15+,16-,17-,18-,19-/m0/s1. The lowest BCUT2D eigenvalue weighted by Gasteiger charge is -2.46. The van der Waals surface area contributed by atoms with Crippen LogP contribution in [0.3, 0.4) is 0 Å². The van der Waals surface area contributed by atoms with Gasteiger partial charge in [-0.25, -0.2) is 0 Å². The number of Topliss-reactive ketones (excluding diaryl/α,β-unsaturated/α-hetero) is 1. The first-order valence-corrected chi connectivity index (χ1v) is 9.20. The third-order valence-corrected chi connectivity index (χ3v) is 6.86. The second kappa shape index (κ2) is 4.12. The first-order valence-electron chi connectivity index (χ1n) is 9.20. The van der Waals surface area contributed by atoms with Gasteiger partial charge in [-0.1, -0.05) is 24.3 Å². The van der Waals surface area contributed by atoms with Crippen LogP contribution in [0.4, 0.5) is 0 Å². The van der Waals surface area contributed by atoms with Crippen LogP contribution in [-0.2, 0) is 14.3 Å². The Balaban J connectivity index is 1.49. The Labute approximate surface area is 153 Å². The number of ketones is 1. The molecule has 7 nitrogen and oxygen atoms in total. The van der Waals surface area contributed by atoms with Crippen LogP contribution in [0.5, 0.6) is 11.5 Å². The summed E-state index contributed by atoms with van der Waals surface area (Å²) in [6.45, 7) is 0. The number of aliphatic hydroxyl groups excluding tert-OH is 2. The number of aliphatic hydroxyl groups is 2. The van der Waals surface area contributed by atoms with Crippen molar-refractivity contribution in [2.24, 2.45) is 0 Å². The number of rotatable bonds is 0. The average molecular weight is 368 g/mol. The minimum Gasteiger partial charge on any atom is -0.446 e. The maximum absolute atomic E-state index is 13.1. The van der Waals surface area contributed by atoms with Crippen molar-refractivity contribution >= 4 is 16.6 Å². The van der Waals surface area contributed by atoms with Gasteiger partial charge in [0.25, 0.3) is 0 Å². The van der Waals surface area contributed by atoms with Crippen LogP contribution < -0.4 is 9.47 Å². The zero-order valence-electron chi connectivity index (χ0n) is 14.1. The molecule has 27 heavy (non-hydrogen) atoms. The van der Waals surface area contributed by atoms with E-state index in [1.54, 1.807) is 0 Å². The second-order valence-electron chi connectivity index (χ2n) is 8.00. The van der Waals surface area contributed by atoms with Crippen LogP contribution in [0.1, 0.15) is 12.8 Å². The van der Waals surface area contributed by atoms with Crippen LogP contribution in [0.2, 0.25) is 0 Å². The summed E-state index contributed by atoms with van der Waals surface area (Å²) in [6.07, 6.45) is -2.99. The quantitative estimate of drug-likeness (QED) is 0.660. The molecule has 2 saturated carbocycles. The van der Waals surface area contributed by atoms with Gasteiger partial charge >= 0.3 is 5.79 Å². The van der Waals surface area contributed by atoms with Crippen LogP contribution in [0, 0.1) is 0 Å². The molecule has 2 aromatic carbocycles. The number of carbonyl (C=O) groups excluding carboxylic acids is 1. The molecule has 0 unspecified atom stereocenters. The van der Waals surface area contributed by atoms with E-state index >= 15 is 0 Å². The Bertz CT molecular complexity index is 1010. The smallest absolute Gasteiger partial charge is 0.320 e. The van der Waals surface area contributed by atoms with Crippen LogP contribution in [0.15, 0.2) is 36.4 Å². The molecule has 138 valence electrons. The van der Waals surface area contributed by atoms with Gasteiger partial charge in [-0.05, 0) is 23.9 Å². The summed E-state index contributed by atoms with van der Waals surface area (Å²) in [5.41, 5.74) is -3.02. The van der Waals surface area contributed by atoms with Crippen LogP contribution in [0.25, 0.3) is 10.8 Å². The number of fused-ring (bicyclic) bond motifs is 2. The number of carbonyl (C=O) groups is 1. The fourth-order valence-corrected chi connectivity index (χ4v) is 5.63. The fourth-order valence-electron chi connectivity index (χ4n) is 5.63. The van der Waals surface area contributed by atoms with Gasteiger partial charge in [0.15, 0.2) is 17.5 Å². The number of hydrogen-bond acceptors (Lipinski definition) is 7. The van der Waals surface area contributed by atoms with Gasteiger partial charge in [-0.2, -0.15) is 0 Å². The highest BCUT2D eigenvalue weighted by atomic mass is 16.8. The van der Waals surface area contributed by atoms with Crippen molar-refractivity contribution in [3.8, 4) is 11.5 Å².